The van der Waals surface area contributed by atoms with E-state index in [1.54, 1.807) is 6.08 Å². The highest BCUT2D eigenvalue weighted by Gasteiger charge is 2.43. The molecule has 1 N–H and O–H groups in total. The third-order valence-electron chi connectivity index (χ3n) is 2.71. The van der Waals surface area contributed by atoms with Crippen LogP contribution < -0.4 is 0 Å². The molecule has 1 aromatic rings. The highest BCUT2D eigenvalue weighted by molar-refractivity contribution is 5.75. The van der Waals surface area contributed by atoms with E-state index in [1.807, 2.05) is 24.3 Å². The Balaban J connectivity index is 2.12. The first-order valence-electron chi connectivity index (χ1n) is 4.67. The Bertz CT molecular complexity index is 364. The standard InChI is InChI=1S/C12H12O2/c1-2-8-3-5-9(6-4-8)10-7-11(10)12(13)14/h2-6,10-11H,1,7H2,(H,13,14). The second-order valence-corrected chi connectivity index (χ2v) is 3.66. The zero-order chi connectivity index (χ0) is 10.1. The van der Waals surface area contributed by atoms with E-state index in [-0.39, 0.29) is 11.8 Å². The lowest BCUT2D eigenvalue weighted by Gasteiger charge is -1.98. The molecule has 0 spiro atoms. The molecule has 0 radical (unpaired) electrons. The average Bonchev–Trinajstić information content (AvgIpc) is 2.97. The van der Waals surface area contributed by atoms with E-state index >= 15 is 0 Å². The SMILES string of the molecule is C=Cc1ccc(C2CC2C(=O)O)cc1. The molecule has 0 heterocycles. The van der Waals surface area contributed by atoms with Gasteiger partial charge in [-0.15, -0.1) is 0 Å². The van der Waals surface area contributed by atoms with Crippen molar-refractivity contribution in [2.24, 2.45) is 5.92 Å². The molecule has 0 bridgehead atoms. The van der Waals surface area contributed by atoms with Crippen molar-refractivity contribution in [1.29, 1.82) is 0 Å². The third-order valence-corrected chi connectivity index (χ3v) is 2.71. The molecule has 72 valence electrons. The Morgan fingerprint density at radius 3 is 2.50 bits per heavy atom. The monoisotopic (exact) mass is 188 g/mol. The van der Waals surface area contributed by atoms with Crippen LogP contribution in [-0.2, 0) is 4.79 Å². The van der Waals surface area contributed by atoms with Gasteiger partial charge in [0.05, 0.1) is 5.92 Å². The maximum absolute atomic E-state index is 10.7. The number of carbonyl (C=O) groups is 1. The summed E-state index contributed by atoms with van der Waals surface area (Å²) in [4.78, 5) is 10.7. The molecule has 1 aliphatic carbocycles. The van der Waals surface area contributed by atoms with Crippen LogP contribution in [0.25, 0.3) is 6.08 Å². The lowest BCUT2D eigenvalue weighted by Crippen LogP contribution is -1.98. The Morgan fingerprint density at radius 1 is 1.43 bits per heavy atom. The highest BCUT2D eigenvalue weighted by atomic mass is 16.4. The average molecular weight is 188 g/mol. The molecule has 14 heavy (non-hydrogen) atoms. The van der Waals surface area contributed by atoms with E-state index in [4.69, 9.17) is 5.11 Å². The van der Waals surface area contributed by atoms with Crippen LogP contribution in [0.3, 0.4) is 0 Å². The van der Waals surface area contributed by atoms with E-state index in [2.05, 4.69) is 6.58 Å². The minimum Gasteiger partial charge on any atom is -0.481 e. The van der Waals surface area contributed by atoms with Gasteiger partial charge in [-0.05, 0) is 23.5 Å². The number of hydrogen-bond acceptors (Lipinski definition) is 1. The smallest absolute Gasteiger partial charge is 0.307 e. The first-order chi connectivity index (χ1) is 6.72. The van der Waals surface area contributed by atoms with Crippen molar-refractivity contribution in [3.8, 4) is 0 Å². The number of carboxylic acid groups (broad SMARTS) is 1. The molecule has 0 aliphatic heterocycles. The van der Waals surface area contributed by atoms with Gasteiger partial charge >= 0.3 is 5.97 Å². The normalized spacial score (nSPS) is 24.3. The zero-order valence-corrected chi connectivity index (χ0v) is 7.81. The number of aliphatic carboxylic acids is 1. The summed E-state index contributed by atoms with van der Waals surface area (Å²) in [5, 5.41) is 8.77. The molecule has 0 amide bonds. The second-order valence-electron chi connectivity index (χ2n) is 3.66. The van der Waals surface area contributed by atoms with Gasteiger partial charge in [0.15, 0.2) is 0 Å². The molecule has 0 saturated heterocycles. The van der Waals surface area contributed by atoms with Gasteiger partial charge in [0.25, 0.3) is 0 Å². The molecular weight excluding hydrogens is 176 g/mol. The molecule has 1 saturated carbocycles. The topological polar surface area (TPSA) is 37.3 Å². The molecule has 1 fully saturated rings. The largest absolute Gasteiger partial charge is 0.481 e. The van der Waals surface area contributed by atoms with E-state index in [0.29, 0.717) is 0 Å². The summed E-state index contributed by atoms with van der Waals surface area (Å²) < 4.78 is 0. The van der Waals surface area contributed by atoms with Crippen LogP contribution in [-0.4, -0.2) is 11.1 Å². The Morgan fingerprint density at radius 2 is 2.07 bits per heavy atom. The first-order valence-corrected chi connectivity index (χ1v) is 4.67. The molecule has 1 aromatic carbocycles. The van der Waals surface area contributed by atoms with Crippen molar-refractivity contribution >= 4 is 12.0 Å². The van der Waals surface area contributed by atoms with E-state index < -0.39 is 5.97 Å². The minimum atomic E-state index is -0.678. The van der Waals surface area contributed by atoms with Crippen molar-refractivity contribution in [2.45, 2.75) is 12.3 Å². The van der Waals surface area contributed by atoms with Crippen molar-refractivity contribution in [2.75, 3.05) is 0 Å². The Hall–Kier alpha value is -1.57. The van der Waals surface area contributed by atoms with Gasteiger partial charge in [0.1, 0.15) is 0 Å². The van der Waals surface area contributed by atoms with E-state index in [9.17, 15) is 4.79 Å². The van der Waals surface area contributed by atoms with Crippen LogP contribution in [0.5, 0.6) is 0 Å². The van der Waals surface area contributed by atoms with Crippen LogP contribution in [0.4, 0.5) is 0 Å². The number of hydrogen-bond donors (Lipinski definition) is 1. The van der Waals surface area contributed by atoms with Crippen LogP contribution in [0, 0.1) is 5.92 Å². The summed E-state index contributed by atoms with van der Waals surface area (Å²) in [5.74, 6) is -0.612. The highest BCUT2D eigenvalue weighted by Crippen LogP contribution is 2.47. The fourth-order valence-electron chi connectivity index (χ4n) is 1.72. The molecule has 2 heteroatoms. The predicted molar refractivity (Wildman–Crippen MR) is 55.0 cm³/mol. The summed E-state index contributed by atoms with van der Waals surface area (Å²) in [6.07, 6.45) is 2.56. The van der Waals surface area contributed by atoms with Gasteiger partial charge in [-0.25, -0.2) is 0 Å². The predicted octanol–water partition coefficient (Wildman–Crippen LogP) is 2.52. The molecule has 2 rings (SSSR count). The van der Waals surface area contributed by atoms with Crippen molar-refractivity contribution < 1.29 is 9.90 Å². The summed E-state index contributed by atoms with van der Waals surface area (Å²) in [6.45, 7) is 3.67. The van der Waals surface area contributed by atoms with Gasteiger partial charge in [-0.2, -0.15) is 0 Å². The maximum atomic E-state index is 10.7. The van der Waals surface area contributed by atoms with Crippen molar-refractivity contribution in [1.82, 2.24) is 0 Å². The van der Waals surface area contributed by atoms with Crippen molar-refractivity contribution in [3.05, 3.63) is 42.0 Å². The summed E-state index contributed by atoms with van der Waals surface area (Å²) >= 11 is 0. The number of rotatable bonds is 3. The molecule has 2 atom stereocenters. The van der Waals surface area contributed by atoms with E-state index in [1.165, 1.54) is 0 Å². The van der Waals surface area contributed by atoms with E-state index in [0.717, 1.165) is 17.5 Å². The van der Waals surface area contributed by atoms with Gasteiger partial charge in [-0.3, -0.25) is 4.79 Å². The summed E-state index contributed by atoms with van der Waals surface area (Å²) in [6, 6.07) is 7.92. The number of carboxylic acids is 1. The van der Waals surface area contributed by atoms with Crippen molar-refractivity contribution in [3.63, 3.8) is 0 Å². The summed E-state index contributed by atoms with van der Waals surface area (Å²) in [5.41, 5.74) is 2.20. The number of benzene rings is 1. The maximum Gasteiger partial charge on any atom is 0.307 e. The fraction of sp³-hybridized carbons (Fsp3) is 0.250. The van der Waals surface area contributed by atoms with Crippen LogP contribution >= 0.6 is 0 Å². The van der Waals surface area contributed by atoms with Crippen LogP contribution in [0.1, 0.15) is 23.5 Å². The minimum absolute atomic E-state index is 0.162. The van der Waals surface area contributed by atoms with Gasteiger partial charge in [-0.1, -0.05) is 36.9 Å². The Kier molecular flexibility index (Phi) is 2.12. The lowest BCUT2D eigenvalue weighted by atomic mass is 10.1. The summed E-state index contributed by atoms with van der Waals surface area (Å²) in [7, 11) is 0. The van der Waals surface area contributed by atoms with Gasteiger partial charge in [0.2, 0.25) is 0 Å². The molecule has 2 unspecified atom stereocenters. The molecular formula is C12H12O2. The molecule has 0 aromatic heterocycles. The lowest BCUT2D eigenvalue weighted by molar-refractivity contribution is -0.138. The van der Waals surface area contributed by atoms with Crippen LogP contribution in [0.2, 0.25) is 0 Å². The Labute approximate surface area is 82.9 Å². The first kappa shape index (κ1) is 9.00. The zero-order valence-electron chi connectivity index (χ0n) is 7.81. The van der Waals surface area contributed by atoms with Crippen LogP contribution in [0.15, 0.2) is 30.8 Å². The molecule has 2 nitrogen and oxygen atoms in total. The van der Waals surface area contributed by atoms with Gasteiger partial charge in [0, 0.05) is 0 Å². The molecule has 1 aliphatic rings. The second kappa shape index (κ2) is 3.29. The quantitative estimate of drug-likeness (QED) is 0.791. The third kappa shape index (κ3) is 1.55. The fourth-order valence-corrected chi connectivity index (χ4v) is 1.72. The van der Waals surface area contributed by atoms with Gasteiger partial charge < -0.3 is 5.11 Å².